The van der Waals surface area contributed by atoms with Crippen molar-refractivity contribution in [2.45, 2.75) is 25.2 Å². The Morgan fingerprint density at radius 3 is 2.18 bits per heavy atom. The van der Waals surface area contributed by atoms with Crippen molar-refractivity contribution in [1.29, 1.82) is 0 Å². The first-order chi connectivity index (χ1) is 7.77. The fourth-order valence-corrected chi connectivity index (χ4v) is 5.12. The van der Waals surface area contributed by atoms with E-state index < -0.39 is 19.0 Å². The number of hydrogen-bond acceptors (Lipinski definition) is 3. The summed E-state index contributed by atoms with van der Waals surface area (Å²) in [6, 6.07) is 6.15. The maximum atomic E-state index is 11.8. The molecule has 17 heavy (non-hydrogen) atoms. The quantitative estimate of drug-likeness (QED) is 0.802. The van der Waals surface area contributed by atoms with Gasteiger partial charge >= 0.3 is 0 Å². The van der Waals surface area contributed by atoms with Crippen LogP contribution in [0.4, 0.5) is 0 Å². The second kappa shape index (κ2) is 5.37. The minimum atomic E-state index is -3.94. The molecule has 0 aromatic heterocycles. The molecule has 1 aromatic carbocycles. The molecule has 0 saturated carbocycles. The van der Waals surface area contributed by atoms with Crippen LogP contribution in [-0.2, 0) is 19.0 Å². The van der Waals surface area contributed by atoms with Crippen LogP contribution in [0.25, 0.3) is 0 Å². The molecule has 0 radical (unpaired) electrons. The fourth-order valence-electron chi connectivity index (χ4n) is 1.19. The van der Waals surface area contributed by atoms with Gasteiger partial charge in [0.2, 0.25) is 0 Å². The van der Waals surface area contributed by atoms with E-state index in [-0.39, 0.29) is 10.6 Å². The lowest BCUT2D eigenvalue weighted by Crippen LogP contribution is -2.03. The third-order valence-electron chi connectivity index (χ3n) is 1.98. The normalized spacial score (nSPS) is 15.2. The zero-order chi connectivity index (χ0) is 13.1. The van der Waals surface area contributed by atoms with Crippen molar-refractivity contribution in [3.05, 3.63) is 29.8 Å². The molecule has 0 aliphatic heterocycles. The van der Waals surface area contributed by atoms with Crippen LogP contribution in [0.3, 0.4) is 0 Å². The number of halogens is 1. The summed E-state index contributed by atoms with van der Waals surface area (Å²) in [7, 11) is -1.54. The highest BCUT2D eigenvalue weighted by Gasteiger charge is 2.16. The molecule has 0 heterocycles. The van der Waals surface area contributed by atoms with Crippen LogP contribution in [0.15, 0.2) is 32.9 Å². The van der Waals surface area contributed by atoms with Crippen LogP contribution >= 0.6 is 10.7 Å². The van der Waals surface area contributed by atoms with Crippen LogP contribution in [0.2, 0.25) is 0 Å². The molecule has 0 spiro atoms. The lowest BCUT2D eigenvalue weighted by atomic mass is 10.2. The highest BCUT2D eigenvalue weighted by Crippen LogP contribution is 2.17. The van der Waals surface area contributed by atoms with Crippen LogP contribution in [0, 0.1) is 6.92 Å². The van der Waals surface area contributed by atoms with Gasteiger partial charge < -0.3 is 0 Å². The molecule has 4 nitrogen and oxygen atoms in total. The van der Waals surface area contributed by atoms with Gasteiger partial charge in [0.1, 0.15) is 8.94 Å². The van der Waals surface area contributed by atoms with Gasteiger partial charge in [0.15, 0.2) is 0 Å². The van der Waals surface area contributed by atoms with Crippen molar-refractivity contribution in [2.75, 3.05) is 5.75 Å². The summed E-state index contributed by atoms with van der Waals surface area (Å²) in [4.78, 5) is 0.00702. The molecule has 0 bridgehead atoms. The Balaban J connectivity index is 3.22. The number of sulfonamides is 1. The van der Waals surface area contributed by atoms with E-state index in [4.69, 9.17) is 10.7 Å². The zero-order valence-electron chi connectivity index (χ0n) is 9.59. The Kier molecular flexibility index (Phi) is 4.57. The van der Waals surface area contributed by atoms with Crippen molar-refractivity contribution in [3.63, 3.8) is 0 Å². The van der Waals surface area contributed by atoms with Crippen molar-refractivity contribution in [3.8, 4) is 0 Å². The lowest BCUT2D eigenvalue weighted by Gasteiger charge is -2.02. The molecule has 0 aliphatic carbocycles. The van der Waals surface area contributed by atoms with Crippen molar-refractivity contribution in [2.24, 2.45) is 3.77 Å². The minimum absolute atomic E-state index is 0.00702. The highest BCUT2D eigenvalue weighted by atomic mass is 35.7. The predicted molar refractivity (Wildman–Crippen MR) is 69.9 cm³/mol. The maximum absolute atomic E-state index is 11.8. The lowest BCUT2D eigenvalue weighted by molar-refractivity contribution is 0.598. The van der Waals surface area contributed by atoms with Crippen LogP contribution in [0.1, 0.15) is 18.9 Å². The Bertz CT molecular complexity index is 599. The summed E-state index contributed by atoms with van der Waals surface area (Å²) in [5, 5.41) is 0. The highest BCUT2D eigenvalue weighted by molar-refractivity contribution is 8.19. The van der Waals surface area contributed by atoms with E-state index in [0.717, 1.165) is 5.56 Å². The van der Waals surface area contributed by atoms with Crippen LogP contribution in [0.5, 0.6) is 0 Å². The predicted octanol–water partition coefficient (Wildman–Crippen LogP) is 2.72. The molecule has 0 fully saturated rings. The first kappa shape index (κ1) is 14.5. The van der Waals surface area contributed by atoms with E-state index in [1.807, 2.05) is 6.92 Å². The van der Waals surface area contributed by atoms with Gasteiger partial charge in [-0.1, -0.05) is 28.4 Å². The average Bonchev–Trinajstić information content (AvgIpc) is 2.16. The molecular weight excluding hydrogens is 282 g/mol. The maximum Gasteiger partial charge on any atom is 0.291 e. The largest absolute Gasteiger partial charge is 0.291 e. The summed E-state index contributed by atoms with van der Waals surface area (Å²) in [6.07, 6.45) is 0.509. The Labute approximate surface area is 107 Å². The van der Waals surface area contributed by atoms with Crippen molar-refractivity contribution in [1.82, 2.24) is 0 Å². The van der Waals surface area contributed by atoms with E-state index in [1.54, 1.807) is 19.1 Å². The zero-order valence-corrected chi connectivity index (χ0v) is 12.0. The third kappa shape index (κ3) is 4.29. The fraction of sp³-hybridized carbons (Fsp3) is 0.400. The molecule has 1 atom stereocenters. The first-order valence-electron chi connectivity index (χ1n) is 5.04. The van der Waals surface area contributed by atoms with Gasteiger partial charge in [-0.2, -0.15) is 8.42 Å². The smallest absolute Gasteiger partial charge is 0.232 e. The Morgan fingerprint density at radius 1 is 1.18 bits per heavy atom. The van der Waals surface area contributed by atoms with Gasteiger partial charge in [-0.25, -0.2) is 4.21 Å². The monoisotopic (exact) mass is 295 g/mol. The SMILES string of the molecule is CCCS(=O)(Cl)=NS(=O)(=O)c1ccc(C)cc1. The van der Waals surface area contributed by atoms with E-state index in [0.29, 0.717) is 6.42 Å². The third-order valence-corrected chi connectivity index (χ3v) is 6.41. The number of aryl methyl sites for hydroxylation is 1. The van der Waals surface area contributed by atoms with E-state index >= 15 is 0 Å². The Morgan fingerprint density at radius 2 is 1.71 bits per heavy atom. The average molecular weight is 296 g/mol. The number of benzene rings is 1. The molecule has 1 aromatic rings. The topological polar surface area (TPSA) is 63.6 Å². The number of hydrogen-bond donors (Lipinski definition) is 0. The van der Waals surface area contributed by atoms with Gasteiger partial charge in [-0.15, -0.1) is 0 Å². The molecule has 0 saturated heterocycles. The number of rotatable bonds is 4. The molecular formula is C10H14ClNO3S2. The second-order valence-electron chi connectivity index (χ2n) is 3.63. The molecule has 0 amide bonds. The van der Waals surface area contributed by atoms with Crippen molar-refractivity contribution >= 4 is 29.6 Å². The molecule has 1 unspecified atom stereocenters. The Hall–Kier alpha value is -0.590. The van der Waals surface area contributed by atoms with E-state index in [9.17, 15) is 12.6 Å². The number of nitrogens with zero attached hydrogens (tertiary/aromatic N) is 1. The molecule has 7 heteroatoms. The minimum Gasteiger partial charge on any atom is -0.232 e. The van der Waals surface area contributed by atoms with Gasteiger partial charge in [-0.05, 0) is 25.5 Å². The van der Waals surface area contributed by atoms with Gasteiger partial charge in [0, 0.05) is 16.4 Å². The molecule has 96 valence electrons. The van der Waals surface area contributed by atoms with Crippen molar-refractivity contribution < 1.29 is 12.6 Å². The van der Waals surface area contributed by atoms with Gasteiger partial charge in [0.25, 0.3) is 10.0 Å². The van der Waals surface area contributed by atoms with Gasteiger partial charge in [0.05, 0.1) is 4.90 Å². The molecule has 0 N–H and O–H groups in total. The summed E-state index contributed by atoms with van der Waals surface area (Å²) in [5.74, 6) is 0.0552. The summed E-state index contributed by atoms with van der Waals surface area (Å²) >= 11 is 0. The van der Waals surface area contributed by atoms with Crippen LogP contribution < -0.4 is 0 Å². The second-order valence-corrected chi connectivity index (χ2v) is 8.63. The molecule has 0 aliphatic rings. The van der Waals surface area contributed by atoms with Gasteiger partial charge in [-0.3, -0.25) is 0 Å². The van der Waals surface area contributed by atoms with Crippen LogP contribution in [-0.4, -0.2) is 18.4 Å². The van der Waals surface area contributed by atoms with E-state index in [2.05, 4.69) is 3.77 Å². The molecule has 1 rings (SSSR count). The first-order valence-corrected chi connectivity index (χ1v) is 8.99. The van der Waals surface area contributed by atoms with E-state index in [1.165, 1.54) is 12.1 Å². The summed E-state index contributed by atoms with van der Waals surface area (Å²) < 4.78 is 38.6. The standard InChI is InChI=1S/C10H14ClNO3S2/c1-3-8-16(11,13)12-17(14,15)10-6-4-9(2)5-7-10/h4-7H,3,8H2,1-2H3. The summed E-state index contributed by atoms with van der Waals surface area (Å²) in [6.45, 7) is 3.60. The summed E-state index contributed by atoms with van der Waals surface area (Å²) in [5.41, 5.74) is 0.934.